The molecule has 0 aliphatic carbocycles. The predicted molar refractivity (Wildman–Crippen MR) is 74.7 cm³/mol. The topological polar surface area (TPSA) is 49.8 Å². The summed E-state index contributed by atoms with van der Waals surface area (Å²) < 4.78 is 5.04. The zero-order valence-electron chi connectivity index (χ0n) is 11.2. The maximum absolute atomic E-state index is 12.5. The Hall–Kier alpha value is -2.49. The first-order valence-corrected chi connectivity index (χ1v) is 6.42. The van der Waals surface area contributed by atoms with Crippen LogP contribution in [0.25, 0.3) is 0 Å². The highest BCUT2D eigenvalue weighted by Crippen LogP contribution is 2.29. The molecular formula is C16H15NO3. The molecule has 0 saturated heterocycles. The molecule has 4 heteroatoms. The predicted octanol–water partition coefficient (Wildman–Crippen LogP) is 2.56. The first kappa shape index (κ1) is 12.5. The number of ether oxygens (including phenoxy) is 1. The van der Waals surface area contributed by atoms with Crippen molar-refractivity contribution in [3.63, 3.8) is 0 Å². The Morgan fingerprint density at radius 2 is 1.80 bits per heavy atom. The molecule has 1 amide bonds. The first-order chi connectivity index (χ1) is 9.69. The number of nitrogens with zero attached hydrogens (tertiary/aromatic N) is 1. The summed E-state index contributed by atoms with van der Waals surface area (Å²) in [6.07, 6.45) is 0. The van der Waals surface area contributed by atoms with Gasteiger partial charge >= 0.3 is 0 Å². The highest BCUT2D eigenvalue weighted by molar-refractivity contribution is 5.95. The Balaban J connectivity index is 1.84. The van der Waals surface area contributed by atoms with Crippen LogP contribution in [0.1, 0.15) is 21.5 Å². The van der Waals surface area contributed by atoms with Crippen LogP contribution in [0.5, 0.6) is 11.5 Å². The third kappa shape index (κ3) is 2.09. The number of carbonyl (C=O) groups excluding carboxylic acids is 1. The molecule has 20 heavy (non-hydrogen) atoms. The maximum Gasteiger partial charge on any atom is 0.254 e. The van der Waals surface area contributed by atoms with Crippen molar-refractivity contribution in [3.8, 4) is 11.5 Å². The molecule has 2 aromatic rings. The molecule has 0 bridgehead atoms. The van der Waals surface area contributed by atoms with Crippen molar-refractivity contribution >= 4 is 5.91 Å². The molecule has 2 aromatic carbocycles. The van der Waals surface area contributed by atoms with Gasteiger partial charge in [-0.3, -0.25) is 4.79 Å². The summed E-state index contributed by atoms with van der Waals surface area (Å²) in [6.45, 7) is 1.25. The van der Waals surface area contributed by atoms with E-state index in [0.717, 1.165) is 0 Å². The van der Waals surface area contributed by atoms with Gasteiger partial charge in [-0.25, -0.2) is 0 Å². The van der Waals surface area contributed by atoms with Gasteiger partial charge in [0.15, 0.2) is 11.5 Å². The lowest BCUT2D eigenvalue weighted by atomic mass is 10.1. The molecule has 0 unspecified atom stereocenters. The molecule has 3 rings (SSSR count). The molecule has 0 aromatic heterocycles. The fraction of sp³-hybridized carbons (Fsp3) is 0.188. The summed E-state index contributed by atoms with van der Waals surface area (Å²) in [4.78, 5) is 14.3. The van der Waals surface area contributed by atoms with Crippen LogP contribution in [-0.4, -0.2) is 23.0 Å². The van der Waals surface area contributed by atoms with Gasteiger partial charge in [-0.05, 0) is 29.3 Å². The van der Waals surface area contributed by atoms with Gasteiger partial charge in [-0.1, -0.05) is 24.3 Å². The quantitative estimate of drug-likeness (QED) is 0.911. The monoisotopic (exact) mass is 269 g/mol. The van der Waals surface area contributed by atoms with Crippen LogP contribution in [-0.2, 0) is 13.1 Å². The second-order valence-electron chi connectivity index (χ2n) is 4.82. The lowest BCUT2D eigenvalue weighted by Gasteiger charge is -2.16. The highest BCUT2D eigenvalue weighted by atomic mass is 16.5. The van der Waals surface area contributed by atoms with Crippen molar-refractivity contribution in [1.29, 1.82) is 0 Å². The molecule has 1 aliphatic rings. The zero-order chi connectivity index (χ0) is 14.1. The summed E-state index contributed by atoms with van der Waals surface area (Å²) in [5.74, 6) is 0.292. The highest BCUT2D eigenvalue weighted by Gasteiger charge is 2.24. The molecule has 0 atom stereocenters. The summed E-state index contributed by atoms with van der Waals surface area (Å²) in [5.41, 5.74) is 2.89. The van der Waals surface area contributed by atoms with Crippen molar-refractivity contribution < 1.29 is 14.6 Å². The van der Waals surface area contributed by atoms with E-state index >= 15 is 0 Å². The minimum absolute atomic E-state index is 0.0359. The number of hydrogen-bond donors (Lipinski definition) is 1. The van der Waals surface area contributed by atoms with E-state index in [1.807, 2.05) is 24.3 Å². The maximum atomic E-state index is 12.5. The van der Waals surface area contributed by atoms with Crippen LogP contribution in [0.15, 0.2) is 42.5 Å². The van der Waals surface area contributed by atoms with Crippen molar-refractivity contribution in [2.45, 2.75) is 13.1 Å². The molecule has 102 valence electrons. The number of hydrogen-bond acceptors (Lipinski definition) is 3. The number of fused-ring (bicyclic) bond motifs is 1. The van der Waals surface area contributed by atoms with Gasteiger partial charge in [0.25, 0.3) is 5.91 Å². The lowest BCUT2D eigenvalue weighted by molar-refractivity contribution is 0.0751. The van der Waals surface area contributed by atoms with Crippen molar-refractivity contribution in [2.24, 2.45) is 0 Å². The van der Waals surface area contributed by atoms with E-state index in [1.54, 1.807) is 17.0 Å². The number of rotatable bonds is 2. The van der Waals surface area contributed by atoms with Crippen molar-refractivity contribution in [2.75, 3.05) is 7.11 Å². The SMILES string of the molecule is COc1cc(C(=O)N2Cc3ccccc3C2)ccc1O. The van der Waals surface area contributed by atoms with Gasteiger partial charge in [-0.2, -0.15) is 0 Å². The Bertz CT molecular complexity index is 642. The van der Waals surface area contributed by atoms with Gasteiger partial charge < -0.3 is 14.7 Å². The fourth-order valence-electron chi connectivity index (χ4n) is 2.47. The van der Waals surface area contributed by atoms with E-state index < -0.39 is 0 Å². The summed E-state index contributed by atoms with van der Waals surface area (Å²) >= 11 is 0. The van der Waals surface area contributed by atoms with E-state index in [0.29, 0.717) is 24.4 Å². The van der Waals surface area contributed by atoms with Gasteiger partial charge in [0.05, 0.1) is 7.11 Å². The van der Waals surface area contributed by atoms with E-state index in [4.69, 9.17) is 4.74 Å². The average Bonchev–Trinajstić information content (AvgIpc) is 2.91. The standard InChI is InChI=1S/C16H15NO3/c1-20-15-8-11(6-7-14(15)18)16(19)17-9-12-4-2-3-5-13(12)10-17/h2-8,18H,9-10H2,1H3. The Kier molecular flexibility index (Phi) is 3.06. The van der Waals surface area contributed by atoms with Crippen LogP contribution in [0, 0.1) is 0 Å². The molecule has 1 heterocycles. The van der Waals surface area contributed by atoms with Gasteiger partial charge in [-0.15, -0.1) is 0 Å². The second-order valence-corrected chi connectivity index (χ2v) is 4.82. The van der Waals surface area contributed by atoms with Crippen molar-refractivity contribution in [3.05, 3.63) is 59.2 Å². The summed E-state index contributed by atoms with van der Waals surface area (Å²) in [6, 6.07) is 12.7. The number of benzene rings is 2. The smallest absolute Gasteiger partial charge is 0.254 e. The number of amides is 1. The van der Waals surface area contributed by atoms with Crippen LogP contribution < -0.4 is 4.74 Å². The van der Waals surface area contributed by atoms with E-state index in [-0.39, 0.29) is 11.7 Å². The number of methoxy groups -OCH3 is 1. The third-order valence-corrected chi connectivity index (χ3v) is 3.55. The Morgan fingerprint density at radius 3 is 2.40 bits per heavy atom. The van der Waals surface area contributed by atoms with Crippen LogP contribution >= 0.6 is 0 Å². The van der Waals surface area contributed by atoms with Crippen molar-refractivity contribution in [1.82, 2.24) is 4.90 Å². The molecular weight excluding hydrogens is 254 g/mol. The third-order valence-electron chi connectivity index (χ3n) is 3.55. The van der Waals surface area contributed by atoms with E-state index in [9.17, 15) is 9.90 Å². The number of aromatic hydroxyl groups is 1. The van der Waals surface area contributed by atoms with Crippen LogP contribution in [0.3, 0.4) is 0 Å². The Morgan fingerprint density at radius 1 is 1.15 bits per heavy atom. The first-order valence-electron chi connectivity index (χ1n) is 6.42. The molecule has 0 radical (unpaired) electrons. The summed E-state index contributed by atoms with van der Waals surface area (Å²) in [5, 5.41) is 9.57. The zero-order valence-corrected chi connectivity index (χ0v) is 11.2. The Labute approximate surface area is 117 Å². The van der Waals surface area contributed by atoms with E-state index in [1.165, 1.54) is 24.3 Å². The molecule has 1 aliphatic heterocycles. The lowest BCUT2D eigenvalue weighted by Crippen LogP contribution is -2.25. The normalized spacial score (nSPS) is 13.2. The van der Waals surface area contributed by atoms with Crippen LogP contribution in [0.4, 0.5) is 0 Å². The minimum atomic E-state index is -0.0560. The average molecular weight is 269 g/mol. The van der Waals surface area contributed by atoms with Gasteiger partial charge in [0.2, 0.25) is 0 Å². The van der Waals surface area contributed by atoms with Crippen LogP contribution in [0.2, 0.25) is 0 Å². The summed E-state index contributed by atoms with van der Waals surface area (Å²) in [7, 11) is 1.47. The molecule has 4 nitrogen and oxygen atoms in total. The molecule has 0 saturated carbocycles. The molecule has 0 fully saturated rings. The van der Waals surface area contributed by atoms with Gasteiger partial charge in [0.1, 0.15) is 0 Å². The second kappa shape index (κ2) is 4.89. The van der Waals surface area contributed by atoms with Gasteiger partial charge in [0, 0.05) is 18.7 Å². The minimum Gasteiger partial charge on any atom is -0.504 e. The largest absolute Gasteiger partial charge is 0.504 e. The number of phenolic OH excluding ortho intramolecular Hbond substituents is 1. The number of carbonyl (C=O) groups is 1. The number of phenols is 1. The molecule has 1 N–H and O–H groups in total. The van der Waals surface area contributed by atoms with E-state index in [2.05, 4.69) is 0 Å². The molecule has 0 spiro atoms. The fourth-order valence-corrected chi connectivity index (χ4v) is 2.47.